The number of rotatable bonds is 4. The molecule has 2 aromatic rings. The Morgan fingerprint density at radius 2 is 1.90 bits per heavy atom. The summed E-state index contributed by atoms with van der Waals surface area (Å²) in [6.07, 6.45) is 2.38. The molecule has 0 spiro atoms. The molecule has 1 atom stereocenters. The van der Waals surface area contributed by atoms with E-state index in [1.165, 1.54) is 6.07 Å². The van der Waals surface area contributed by atoms with Crippen molar-refractivity contribution in [2.24, 2.45) is 0 Å². The van der Waals surface area contributed by atoms with Crippen molar-refractivity contribution in [2.75, 3.05) is 7.05 Å². The molecule has 0 amide bonds. The number of pyridine rings is 1. The topological polar surface area (TPSA) is 24.9 Å². The largest absolute Gasteiger partial charge is 0.311 e. The summed E-state index contributed by atoms with van der Waals surface area (Å²) < 4.78 is 26.2. The highest BCUT2D eigenvalue weighted by Crippen LogP contribution is 2.21. The zero-order valence-corrected chi connectivity index (χ0v) is 11.9. The van der Waals surface area contributed by atoms with Gasteiger partial charge in [0.1, 0.15) is 0 Å². The molecule has 0 aliphatic heterocycles. The fourth-order valence-corrected chi connectivity index (χ4v) is 2.33. The maximum Gasteiger partial charge on any atom is 0.159 e. The van der Waals surface area contributed by atoms with Crippen molar-refractivity contribution in [2.45, 2.75) is 26.3 Å². The molecule has 2 rings (SSSR count). The zero-order chi connectivity index (χ0) is 14.7. The monoisotopic (exact) mass is 276 g/mol. The van der Waals surface area contributed by atoms with E-state index in [0.717, 1.165) is 28.5 Å². The fourth-order valence-electron chi connectivity index (χ4n) is 2.33. The molecule has 4 heteroatoms. The van der Waals surface area contributed by atoms with Crippen LogP contribution in [0.4, 0.5) is 8.78 Å². The predicted octanol–water partition coefficient (Wildman–Crippen LogP) is 3.48. The van der Waals surface area contributed by atoms with Crippen molar-refractivity contribution < 1.29 is 8.78 Å². The number of hydrogen-bond acceptors (Lipinski definition) is 2. The van der Waals surface area contributed by atoms with Gasteiger partial charge in [-0.25, -0.2) is 8.78 Å². The van der Waals surface area contributed by atoms with Gasteiger partial charge in [0.2, 0.25) is 0 Å². The number of nitrogens with zero attached hydrogens (tertiary/aromatic N) is 1. The van der Waals surface area contributed by atoms with Gasteiger partial charge in [0, 0.05) is 6.20 Å². The number of aryl methyl sites for hydroxylation is 2. The van der Waals surface area contributed by atoms with E-state index in [1.54, 1.807) is 6.07 Å². The van der Waals surface area contributed by atoms with Crippen LogP contribution in [0.2, 0.25) is 0 Å². The normalized spacial score (nSPS) is 12.4. The fraction of sp³-hybridized carbons (Fsp3) is 0.312. The van der Waals surface area contributed by atoms with Crippen LogP contribution >= 0.6 is 0 Å². The molecule has 0 saturated carbocycles. The first-order chi connectivity index (χ1) is 9.51. The lowest BCUT2D eigenvalue weighted by molar-refractivity contribution is 0.503. The van der Waals surface area contributed by atoms with Crippen LogP contribution in [-0.2, 0) is 6.42 Å². The Labute approximate surface area is 117 Å². The quantitative estimate of drug-likeness (QED) is 0.924. The summed E-state index contributed by atoms with van der Waals surface area (Å²) in [6, 6.07) is 6.04. The van der Waals surface area contributed by atoms with Gasteiger partial charge in [-0.3, -0.25) is 4.98 Å². The van der Waals surface area contributed by atoms with E-state index in [2.05, 4.69) is 16.4 Å². The Morgan fingerprint density at radius 1 is 1.15 bits per heavy atom. The number of benzene rings is 1. The summed E-state index contributed by atoms with van der Waals surface area (Å²) in [4.78, 5) is 4.45. The number of nitrogens with one attached hydrogen (secondary N) is 1. The maximum atomic E-state index is 13.3. The van der Waals surface area contributed by atoms with E-state index in [0.29, 0.717) is 6.42 Å². The summed E-state index contributed by atoms with van der Waals surface area (Å²) >= 11 is 0. The molecule has 1 unspecified atom stereocenters. The lowest BCUT2D eigenvalue weighted by Gasteiger charge is -2.18. The van der Waals surface area contributed by atoms with E-state index in [9.17, 15) is 8.78 Å². The Kier molecular flexibility index (Phi) is 4.45. The van der Waals surface area contributed by atoms with Crippen molar-refractivity contribution in [3.63, 3.8) is 0 Å². The van der Waals surface area contributed by atoms with Crippen molar-refractivity contribution in [3.8, 4) is 0 Å². The second kappa shape index (κ2) is 6.09. The van der Waals surface area contributed by atoms with Crippen molar-refractivity contribution >= 4 is 0 Å². The SMILES string of the molecule is CNC(Cc1ccc(F)c(F)c1)c1ncc(C)cc1C. The molecule has 1 aromatic heterocycles. The van der Waals surface area contributed by atoms with Gasteiger partial charge >= 0.3 is 0 Å². The van der Waals surface area contributed by atoms with Crippen LogP contribution in [0.25, 0.3) is 0 Å². The molecule has 1 aromatic carbocycles. The second-order valence-electron chi connectivity index (χ2n) is 5.01. The van der Waals surface area contributed by atoms with Crippen molar-refractivity contribution in [3.05, 3.63) is 64.5 Å². The third-order valence-electron chi connectivity index (χ3n) is 3.36. The predicted molar refractivity (Wildman–Crippen MR) is 75.6 cm³/mol. The average molecular weight is 276 g/mol. The summed E-state index contributed by atoms with van der Waals surface area (Å²) in [7, 11) is 1.84. The highest BCUT2D eigenvalue weighted by atomic mass is 19.2. The molecule has 0 aliphatic rings. The minimum atomic E-state index is -0.820. The van der Waals surface area contributed by atoms with Gasteiger partial charge in [-0.2, -0.15) is 0 Å². The van der Waals surface area contributed by atoms with Crippen LogP contribution < -0.4 is 5.32 Å². The molecular formula is C16H18F2N2. The van der Waals surface area contributed by atoms with E-state index in [4.69, 9.17) is 0 Å². The lowest BCUT2D eigenvalue weighted by atomic mass is 9.99. The minimum absolute atomic E-state index is 0.0274. The molecule has 0 bridgehead atoms. The zero-order valence-electron chi connectivity index (χ0n) is 11.9. The Hall–Kier alpha value is -1.81. The molecule has 1 N–H and O–H groups in total. The van der Waals surface area contributed by atoms with Crippen LogP contribution in [-0.4, -0.2) is 12.0 Å². The van der Waals surface area contributed by atoms with Crippen molar-refractivity contribution in [1.82, 2.24) is 10.3 Å². The summed E-state index contributed by atoms with van der Waals surface area (Å²) in [5, 5.41) is 3.18. The standard InChI is InChI=1S/C16H18F2N2/c1-10-6-11(2)16(20-9-10)15(19-3)8-12-4-5-13(17)14(18)7-12/h4-7,9,15,19H,8H2,1-3H3. The third-order valence-corrected chi connectivity index (χ3v) is 3.36. The van der Waals surface area contributed by atoms with Crippen LogP contribution in [0.1, 0.15) is 28.4 Å². The first kappa shape index (κ1) is 14.6. The average Bonchev–Trinajstić information content (AvgIpc) is 2.41. The highest BCUT2D eigenvalue weighted by molar-refractivity contribution is 5.28. The van der Waals surface area contributed by atoms with Gasteiger partial charge in [-0.15, -0.1) is 0 Å². The number of aromatic nitrogens is 1. The summed E-state index contributed by atoms with van der Waals surface area (Å²) in [5.41, 5.74) is 3.87. The molecule has 0 saturated heterocycles. The molecule has 2 nitrogen and oxygen atoms in total. The van der Waals surface area contributed by atoms with E-state index in [-0.39, 0.29) is 6.04 Å². The second-order valence-corrected chi connectivity index (χ2v) is 5.01. The Balaban J connectivity index is 2.26. The van der Waals surface area contributed by atoms with E-state index < -0.39 is 11.6 Å². The van der Waals surface area contributed by atoms with Crippen molar-refractivity contribution in [1.29, 1.82) is 0 Å². The Morgan fingerprint density at radius 3 is 2.50 bits per heavy atom. The minimum Gasteiger partial charge on any atom is -0.311 e. The van der Waals surface area contributed by atoms with Gasteiger partial charge in [-0.05, 0) is 56.1 Å². The molecule has 0 fully saturated rings. The number of hydrogen-bond donors (Lipinski definition) is 1. The summed E-state index contributed by atoms with van der Waals surface area (Å²) in [5.74, 6) is -1.63. The molecule has 1 heterocycles. The van der Waals surface area contributed by atoms with Crippen LogP contribution in [0, 0.1) is 25.5 Å². The molecule has 20 heavy (non-hydrogen) atoms. The third kappa shape index (κ3) is 3.20. The highest BCUT2D eigenvalue weighted by Gasteiger charge is 2.15. The van der Waals surface area contributed by atoms with Gasteiger partial charge in [0.05, 0.1) is 11.7 Å². The van der Waals surface area contributed by atoms with Crippen LogP contribution in [0.15, 0.2) is 30.5 Å². The van der Waals surface area contributed by atoms with Gasteiger partial charge < -0.3 is 5.32 Å². The first-order valence-electron chi connectivity index (χ1n) is 6.55. The molecule has 0 radical (unpaired) electrons. The van der Waals surface area contributed by atoms with Gasteiger partial charge in [-0.1, -0.05) is 12.1 Å². The number of likely N-dealkylation sites (N-methyl/N-ethyl adjacent to an activating group) is 1. The summed E-state index contributed by atoms with van der Waals surface area (Å²) in [6.45, 7) is 4.00. The van der Waals surface area contributed by atoms with Crippen LogP contribution in [0.5, 0.6) is 0 Å². The molecule has 106 valence electrons. The molecular weight excluding hydrogens is 258 g/mol. The lowest BCUT2D eigenvalue weighted by Crippen LogP contribution is -2.21. The smallest absolute Gasteiger partial charge is 0.159 e. The van der Waals surface area contributed by atoms with Crippen LogP contribution in [0.3, 0.4) is 0 Å². The van der Waals surface area contributed by atoms with E-state index in [1.807, 2.05) is 27.1 Å². The number of halogens is 2. The maximum absolute atomic E-state index is 13.3. The molecule has 0 aliphatic carbocycles. The van der Waals surface area contributed by atoms with Gasteiger partial charge in [0.15, 0.2) is 11.6 Å². The Bertz CT molecular complexity index is 611. The van der Waals surface area contributed by atoms with E-state index >= 15 is 0 Å². The first-order valence-corrected chi connectivity index (χ1v) is 6.55. The van der Waals surface area contributed by atoms with Gasteiger partial charge in [0.25, 0.3) is 0 Å².